The molecule has 1 saturated heterocycles. The summed E-state index contributed by atoms with van der Waals surface area (Å²) in [4.78, 5) is 42.2. The number of nitrogens with zero attached hydrogens (tertiary/aromatic N) is 3. The number of imide groups is 1. The molecule has 0 radical (unpaired) electrons. The summed E-state index contributed by atoms with van der Waals surface area (Å²) < 4.78 is 26.8. The van der Waals surface area contributed by atoms with Crippen molar-refractivity contribution in [1.29, 1.82) is 0 Å². The molecule has 0 saturated carbocycles. The van der Waals surface area contributed by atoms with Crippen LogP contribution in [0.2, 0.25) is 0 Å². The van der Waals surface area contributed by atoms with Crippen LogP contribution in [-0.2, 0) is 14.8 Å². The fourth-order valence-corrected chi connectivity index (χ4v) is 5.62. The molecule has 1 aromatic heterocycles. The molecular formula is C23H26N4O5S. The van der Waals surface area contributed by atoms with E-state index in [-0.39, 0.29) is 41.5 Å². The van der Waals surface area contributed by atoms with Crippen LogP contribution < -0.4 is 5.32 Å². The average Bonchev–Trinajstić information content (AvgIpc) is 3.08. The van der Waals surface area contributed by atoms with Crippen molar-refractivity contribution in [2.75, 3.05) is 26.2 Å². The molecule has 0 bridgehead atoms. The predicted octanol–water partition coefficient (Wildman–Crippen LogP) is 1.67. The van der Waals surface area contributed by atoms with Gasteiger partial charge >= 0.3 is 0 Å². The van der Waals surface area contributed by atoms with E-state index in [2.05, 4.69) is 10.3 Å². The van der Waals surface area contributed by atoms with Crippen molar-refractivity contribution in [3.8, 4) is 0 Å². The molecule has 0 spiro atoms. The van der Waals surface area contributed by atoms with E-state index >= 15 is 0 Å². The van der Waals surface area contributed by atoms with Gasteiger partial charge in [0, 0.05) is 45.0 Å². The summed E-state index contributed by atoms with van der Waals surface area (Å²) in [5.74, 6) is -0.574. The summed E-state index contributed by atoms with van der Waals surface area (Å²) in [5.41, 5.74) is 0.813. The number of sulfonamides is 1. The number of pyridine rings is 1. The summed E-state index contributed by atoms with van der Waals surface area (Å²) in [6, 6.07) is 9.85. The molecule has 174 valence electrons. The van der Waals surface area contributed by atoms with Crippen LogP contribution in [0.5, 0.6) is 0 Å². The van der Waals surface area contributed by atoms with Crippen LogP contribution in [0.15, 0.2) is 53.7 Å². The third-order valence-electron chi connectivity index (χ3n) is 6.10. The van der Waals surface area contributed by atoms with Crippen LogP contribution in [-0.4, -0.2) is 66.5 Å². The second-order valence-corrected chi connectivity index (χ2v) is 10.2. The molecule has 4 rings (SSSR count). The molecule has 33 heavy (non-hydrogen) atoms. The Labute approximate surface area is 192 Å². The summed E-state index contributed by atoms with van der Waals surface area (Å²) in [6.45, 7) is 1.48. The Kier molecular flexibility index (Phi) is 6.85. The molecule has 1 fully saturated rings. The first-order chi connectivity index (χ1) is 15.9. The second-order valence-electron chi connectivity index (χ2n) is 8.25. The molecule has 3 amide bonds. The Morgan fingerprint density at radius 2 is 1.70 bits per heavy atom. The van der Waals surface area contributed by atoms with E-state index in [0.29, 0.717) is 50.0 Å². The molecule has 2 aromatic rings. The highest BCUT2D eigenvalue weighted by Crippen LogP contribution is 2.24. The number of carbonyl (C=O) groups excluding carboxylic acids is 3. The summed E-state index contributed by atoms with van der Waals surface area (Å²) in [5, 5.41) is 2.90. The van der Waals surface area contributed by atoms with Gasteiger partial charge in [-0.2, -0.15) is 4.31 Å². The van der Waals surface area contributed by atoms with Crippen molar-refractivity contribution in [3.05, 3.63) is 59.9 Å². The predicted molar refractivity (Wildman–Crippen MR) is 120 cm³/mol. The third-order valence-corrected chi connectivity index (χ3v) is 7.98. The number of aromatic nitrogens is 1. The first-order valence-corrected chi connectivity index (χ1v) is 12.4. The zero-order chi connectivity index (χ0) is 23.4. The summed E-state index contributed by atoms with van der Waals surface area (Å²) in [7, 11) is -3.54. The first kappa shape index (κ1) is 23.1. The maximum atomic E-state index is 12.7. The van der Waals surface area contributed by atoms with E-state index in [1.165, 1.54) is 27.7 Å². The standard InChI is InChI=1S/C23H26N4O5S/c28-21(8-4-12-27-22(29)19-6-1-2-7-20(19)23(27)30)25-15-17-9-13-26(14-10-17)33(31,32)18-5-3-11-24-16-18/h1-3,5-7,11,16-17H,4,8-10,12-15H2,(H,25,28). The van der Waals surface area contributed by atoms with Crippen LogP contribution >= 0.6 is 0 Å². The van der Waals surface area contributed by atoms with E-state index < -0.39 is 10.0 Å². The Morgan fingerprint density at radius 1 is 1.03 bits per heavy atom. The Morgan fingerprint density at radius 3 is 2.30 bits per heavy atom. The van der Waals surface area contributed by atoms with Gasteiger partial charge in [0.25, 0.3) is 11.8 Å². The number of benzene rings is 1. The van der Waals surface area contributed by atoms with Gasteiger partial charge in [-0.25, -0.2) is 8.42 Å². The number of carbonyl (C=O) groups is 3. The number of fused-ring (bicyclic) bond motifs is 1. The van der Waals surface area contributed by atoms with Crippen molar-refractivity contribution in [2.24, 2.45) is 5.92 Å². The molecule has 10 heteroatoms. The van der Waals surface area contributed by atoms with Crippen molar-refractivity contribution >= 4 is 27.7 Å². The number of nitrogens with one attached hydrogen (secondary N) is 1. The largest absolute Gasteiger partial charge is 0.356 e. The van der Waals surface area contributed by atoms with Gasteiger partial charge in [-0.05, 0) is 49.4 Å². The zero-order valence-corrected chi connectivity index (χ0v) is 19.0. The lowest BCUT2D eigenvalue weighted by atomic mass is 9.98. The highest BCUT2D eigenvalue weighted by Gasteiger charge is 2.34. The van der Waals surface area contributed by atoms with Crippen LogP contribution in [0.4, 0.5) is 0 Å². The van der Waals surface area contributed by atoms with E-state index in [0.717, 1.165) is 0 Å². The molecule has 3 heterocycles. The molecule has 1 N–H and O–H groups in total. The topological polar surface area (TPSA) is 117 Å². The minimum atomic E-state index is -3.54. The van der Waals surface area contributed by atoms with Crippen molar-refractivity contribution in [2.45, 2.75) is 30.6 Å². The van der Waals surface area contributed by atoms with Gasteiger partial charge in [-0.1, -0.05) is 12.1 Å². The monoisotopic (exact) mass is 470 g/mol. The molecular weight excluding hydrogens is 444 g/mol. The maximum absolute atomic E-state index is 12.7. The van der Waals surface area contributed by atoms with Crippen LogP contribution in [0.3, 0.4) is 0 Å². The minimum Gasteiger partial charge on any atom is -0.356 e. The molecule has 0 atom stereocenters. The van der Waals surface area contributed by atoms with Crippen molar-refractivity contribution in [1.82, 2.24) is 19.5 Å². The molecule has 0 aliphatic carbocycles. The Balaban J connectivity index is 1.17. The first-order valence-electron chi connectivity index (χ1n) is 11.0. The molecule has 1 aromatic carbocycles. The summed E-state index contributed by atoms with van der Waals surface area (Å²) in [6.07, 6.45) is 4.81. The van der Waals surface area contributed by atoms with Crippen molar-refractivity contribution in [3.63, 3.8) is 0 Å². The second kappa shape index (κ2) is 9.80. The maximum Gasteiger partial charge on any atom is 0.261 e. The van der Waals surface area contributed by atoms with E-state index in [1.807, 2.05) is 0 Å². The van der Waals surface area contributed by atoms with Gasteiger partial charge in [0.2, 0.25) is 15.9 Å². The summed E-state index contributed by atoms with van der Waals surface area (Å²) >= 11 is 0. The Bertz CT molecular complexity index is 1110. The fourth-order valence-electron chi connectivity index (χ4n) is 4.19. The highest BCUT2D eigenvalue weighted by molar-refractivity contribution is 7.89. The average molecular weight is 471 g/mol. The third kappa shape index (κ3) is 4.96. The van der Waals surface area contributed by atoms with Gasteiger partial charge < -0.3 is 5.32 Å². The van der Waals surface area contributed by atoms with E-state index in [4.69, 9.17) is 0 Å². The minimum absolute atomic E-state index is 0.142. The molecule has 2 aliphatic rings. The van der Waals surface area contributed by atoms with Gasteiger partial charge in [-0.3, -0.25) is 24.3 Å². The van der Waals surface area contributed by atoms with E-state index in [1.54, 1.807) is 30.3 Å². The quantitative estimate of drug-likeness (QED) is 0.587. The van der Waals surface area contributed by atoms with Crippen LogP contribution in [0.25, 0.3) is 0 Å². The number of amides is 3. The number of hydrogen-bond acceptors (Lipinski definition) is 6. The van der Waals surface area contributed by atoms with Gasteiger partial charge in [0.1, 0.15) is 4.90 Å². The van der Waals surface area contributed by atoms with Gasteiger partial charge in [-0.15, -0.1) is 0 Å². The highest BCUT2D eigenvalue weighted by atomic mass is 32.2. The zero-order valence-electron chi connectivity index (χ0n) is 18.1. The van der Waals surface area contributed by atoms with Gasteiger partial charge in [0.15, 0.2) is 0 Å². The van der Waals surface area contributed by atoms with Crippen LogP contribution in [0.1, 0.15) is 46.4 Å². The van der Waals surface area contributed by atoms with Crippen molar-refractivity contribution < 1.29 is 22.8 Å². The van der Waals surface area contributed by atoms with Gasteiger partial charge in [0.05, 0.1) is 11.1 Å². The normalized spacial score (nSPS) is 17.3. The van der Waals surface area contributed by atoms with E-state index in [9.17, 15) is 22.8 Å². The smallest absolute Gasteiger partial charge is 0.261 e. The lowest BCUT2D eigenvalue weighted by Gasteiger charge is -2.31. The fraction of sp³-hybridized carbons (Fsp3) is 0.391. The molecule has 9 nitrogen and oxygen atoms in total. The lowest BCUT2D eigenvalue weighted by molar-refractivity contribution is -0.121. The number of rotatable bonds is 8. The lowest BCUT2D eigenvalue weighted by Crippen LogP contribution is -2.41. The number of hydrogen-bond donors (Lipinski definition) is 1. The number of piperidine rings is 1. The van der Waals surface area contributed by atoms with Crippen LogP contribution in [0, 0.1) is 5.92 Å². The SMILES string of the molecule is O=C(CCCN1C(=O)c2ccccc2C1=O)NCC1CCN(S(=O)(=O)c2cccnc2)CC1. The molecule has 2 aliphatic heterocycles. The molecule has 0 unspecified atom stereocenters. The Hall–Kier alpha value is -3.11.